The van der Waals surface area contributed by atoms with Crippen molar-refractivity contribution in [2.75, 3.05) is 0 Å². The lowest BCUT2D eigenvalue weighted by Crippen LogP contribution is -2.15. The van der Waals surface area contributed by atoms with Crippen LogP contribution in [0.2, 0.25) is 0 Å². The molecular weight excluding hydrogens is 597 g/mol. The number of fused-ring (bicyclic) bond motifs is 12. The molecule has 2 nitrogen and oxygen atoms in total. The first kappa shape index (κ1) is 26.9. The van der Waals surface area contributed by atoms with Crippen LogP contribution in [-0.2, 0) is 5.41 Å². The number of benzene rings is 8. The third-order valence-electron chi connectivity index (χ3n) is 11.0. The average molecular weight is 627 g/mol. The van der Waals surface area contributed by atoms with Crippen molar-refractivity contribution >= 4 is 65.4 Å². The van der Waals surface area contributed by atoms with Gasteiger partial charge in [0.05, 0.1) is 0 Å². The molecule has 0 fully saturated rings. The maximum atomic E-state index is 6.44. The van der Waals surface area contributed by atoms with Gasteiger partial charge >= 0.3 is 0 Å². The first-order chi connectivity index (χ1) is 24.0. The van der Waals surface area contributed by atoms with Gasteiger partial charge in [-0.1, -0.05) is 117 Å². The van der Waals surface area contributed by atoms with Gasteiger partial charge in [-0.25, -0.2) is 0 Å². The smallest absolute Gasteiger partial charge is 0.136 e. The summed E-state index contributed by atoms with van der Waals surface area (Å²) in [7, 11) is 0. The first-order valence-corrected chi connectivity index (χ1v) is 17.0. The second-order valence-electron chi connectivity index (χ2n) is 14.1. The van der Waals surface area contributed by atoms with Gasteiger partial charge in [0.15, 0.2) is 0 Å². The molecule has 0 saturated carbocycles. The van der Waals surface area contributed by atoms with E-state index in [1.54, 1.807) is 0 Å². The minimum absolute atomic E-state index is 0.188. The minimum atomic E-state index is -0.188. The first-order valence-electron chi connectivity index (χ1n) is 17.0. The minimum Gasteiger partial charge on any atom is -0.456 e. The highest BCUT2D eigenvalue weighted by molar-refractivity contribution is 6.16. The van der Waals surface area contributed by atoms with E-state index >= 15 is 0 Å². The van der Waals surface area contributed by atoms with E-state index in [0.29, 0.717) is 0 Å². The number of para-hydroxylation sites is 1. The van der Waals surface area contributed by atoms with Crippen molar-refractivity contribution in [3.63, 3.8) is 0 Å². The Hall–Kier alpha value is -6.12. The van der Waals surface area contributed by atoms with Crippen LogP contribution in [0.3, 0.4) is 0 Å². The van der Waals surface area contributed by atoms with Crippen LogP contribution in [-0.4, -0.2) is 0 Å². The lowest BCUT2D eigenvalue weighted by atomic mass is 9.79. The predicted octanol–water partition coefficient (Wildman–Crippen LogP) is 13.4. The fourth-order valence-corrected chi connectivity index (χ4v) is 8.75. The summed E-state index contributed by atoms with van der Waals surface area (Å²) in [6.45, 7) is 4.77. The number of hydrogen-bond donors (Lipinski definition) is 0. The molecule has 230 valence electrons. The maximum Gasteiger partial charge on any atom is 0.136 e. The Morgan fingerprint density at radius 3 is 1.98 bits per heavy atom. The van der Waals surface area contributed by atoms with Crippen LogP contribution in [0.4, 0.5) is 0 Å². The predicted molar refractivity (Wildman–Crippen MR) is 204 cm³/mol. The zero-order valence-corrected chi connectivity index (χ0v) is 27.2. The monoisotopic (exact) mass is 626 g/mol. The fourth-order valence-electron chi connectivity index (χ4n) is 8.75. The van der Waals surface area contributed by atoms with E-state index < -0.39 is 0 Å². The largest absolute Gasteiger partial charge is 0.456 e. The molecule has 49 heavy (non-hydrogen) atoms. The SMILES string of the molecule is CC1(C)c2cc(-c3cccc4oc5cc6ccccc6cc5c34)ccc2-c2ccc3c(-c4ccc5oc6ccccc6c5c4)cccc3c21. The Balaban J connectivity index is 1.07. The summed E-state index contributed by atoms with van der Waals surface area (Å²) >= 11 is 0. The van der Waals surface area contributed by atoms with E-state index in [0.717, 1.165) is 38.5 Å². The lowest BCUT2D eigenvalue weighted by Gasteiger charge is -2.24. The van der Waals surface area contributed by atoms with Gasteiger partial charge in [0.1, 0.15) is 22.3 Å². The molecule has 0 aliphatic heterocycles. The van der Waals surface area contributed by atoms with Crippen molar-refractivity contribution in [1.29, 1.82) is 0 Å². The molecule has 8 aromatic carbocycles. The second-order valence-corrected chi connectivity index (χ2v) is 14.1. The third kappa shape index (κ3) is 3.66. The van der Waals surface area contributed by atoms with E-state index in [1.807, 2.05) is 12.1 Å². The van der Waals surface area contributed by atoms with E-state index in [2.05, 4.69) is 147 Å². The van der Waals surface area contributed by atoms with Gasteiger partial charge in [0.2, 0.25) is 0 Å². The molecule has 0 N–H and O–H groups in total. The summed E-state index contributed by atoms with van der Waals surface area (Å²) in [4.78, 5) is 0. The molecular formula is C47H30O2. The third-order valence-corrected chi connectivity index (χ3v) is 11.0. The van der Waals surface area contributed by atoms with Gasteiger partial charge in [-0.2, -0.15) is 0 Å². The Kier molecular flexibility index (Phi) is 5.21. The van der Waals surface area contributed by atoms with Gasteiger partial charge < -0.3 is 8.83 Å². The zero-order valence-electron chi connectivity index (χ0n) is 27.2. The molecule has 0 amide bonds. The van der Waals surface area contributed by atoms with Crippen LogP contribution in [0.15, 0.2) is 154 Å². The highest BCUT2D eigenvalue weighted by Crippen LogP contribution is 2.53. The van der Waals surface area contributed by atoms with Crippen molar-refractivity contribution in [3.8, 4) is 33.4 Å². The molecule has 0 unspecified atom stereocenters. The molecule has 1 aliphatic carbocycles. The van der Waals surface area contributed by atoms with Crippen molar-refractivity contribution in [1.82, 2.24) is 0 Å². The standard InChI is InChI=1S/C47H30O2/c1-47(2)40-25-30(32-13-8-16-43-45(32)39-23-27-9-3-4-10-28(27)26-44(39)49-43)17-19-34(40)37-21-20-33-31(12-7-14-36(33)46(37)47)29-18-22-42-38(24-29)35-11-5-6-15-41(35)48-42/h3-26H,1-2H3. The molecule has 0 saturated heterocycles. The fraction of sp³-hybridized carbons (Fsp3) is 0.0638. The van der Waals surface area contributed by atoms with Crippen LogP contribution in [0.1, 0.15) is 25.0 Å². The summed E-state index contributed by atoms with van der Waals surface area (Å²) in [5.74, 6) is 0. The summed E-state index contributed by atoms with van der Waals surface area (Å²) in [5.41, 5.74) is 13.8. The van der Waals surface area contributed by atoms with E-state index in [9.17, 15) is 0 Å². The van der Waals surface area contributed by atoms with Crippen LogP contribution < -0.4 is 0 Å². The Morgan fingerprint density at radius 2 is 1.06 bits per heavy atom. The van der Waals surface area contributed by atoms with Gasteiger partial charge in [-0.15, -0.1) is 0 Å². The van der Waals surface area contributed by atoms with Gasteiger partial charge in [-0.05, 0) is 109 Å². The van der Waals surface area contributed by atoms with Gasteiger partial charge in [0, 0.05) is 27.0 Å². The van der Waals surface area contributed by atoms with E-state index in [-0.39, 0.29) is 5.41 Å². The molecule has 0 bridgehead atoms. The molecule has 11 rings (SSSR count). The molecule has 1 aliphatic rings. The lowest BCUT2D eigenvalue weighted by molar-refractivity contribution is 0.666. The van der Waals surface area contributed by atoms with E-state index in [1.165, 1.54) is 71.4 Å². The Bertz CT molecular complexity index is 3020. The van der Waals surface area contributed by atoms with Crippen molar-refractivity contribution < 1.29 is 8.83 Å². The van der Waals surface area contributed by atoms with Crippen molar-refractivity contribution in [3.05, 3.63) is 157 Å². The Labute approximate surface area is 282 Å². The summed E-state index contributed by atoms with van der Waals surface area (Å²) in [6.07, 6.45) is 0. The summed E-state index contributed by atoms with van der Waals surface area (Å²) < 4.78 is 12.6. The molecule has 10 aromatic rings. The van der Waals surface area contributed by atoms with E-state index in [4.69, 9.17) is 8.83 Å². The zero-order chi connectivity index (χ0) is 32.4. The molecule has 2 aromatic heterocycles. The van der Waals surface area contributed by atoms with Crippen LogP contribution >= 0.6 is 0 Å². The Morgan fingerprint density at radius 1 is 0.388 bits per heavy atom. The normalized spacial score (nSPS) is 13.7. The van der Waals surface area contributed by atoms with Crippen LogP contribution in [0, 0.1) is 0 Å². The molecule has 0 spiro atoms. The van der Waals surface area contributed by atoms with Gasteiger partial charge in [0.25, 0.3) is 0 Å². The number of hydrogen-bond acceptors (Lipinski definition) is 2. The quantitative estimate of drug-likeness (QED) is 0.191. The van der Waals surface area contributed by atoms with Gasteiger partial charge in [-0.3, -0.25) is 0 Å². The number of furan rings is 2. The molecule has 2 heterocycles. The highest BCUT2D eigenvalue weighted by atomic mass is 16.3. The molecule has 2 heteroatoms. The highest BCUT2D eigenvalue weighted by Gasteiger charge is 2.37. The van der Waals surface area contributed by atoms with Crippen LogP contribution in [0.5, 0.6) is 0 Å². The van der Waals surface area contributed by atoms with Crippen molar-refractivity contribution in [2.24, 2.45) is 0 Å². The molecule has 0 radical (unpaired) electrons. The second kappa shape index (κ2) is 9.49. The number of rotatable bonds is 2. The molecule has 0 atom stereocenters. The average Bonchev–Trinajstić information content (AvgIpc) is 3.77. The maximum absolute atomic E-state index is 6.44. The topological polar surface area (TPSA) is 26.3 Å². The van der Waals surface area contributed by atoms with Crippen LogP contribution in [0.25, 0.3) is 98.8 Å². The summed E-state index contributed by atoms with van der Waals surface area (Å²) in [6, 6.07) is 52.8. The summed E-state index contributed by atoms with van der Waals surface area (Å²) in [5, 5.41) is 9.64. The van der Waals surface area contributed by atoms with Crippen molar-refractivity contribution in [2.45, 2.75) is 19.3 Å².